The lowest BCUT2D eigenvalue weighted by Crippen LogP contribution is -2.58. The number of benzene rings is 1. The number of aromatic nitrogens is 3. The third kappa shape index (κ3) is 3.73. The Morgan fingerprint density at radius 3 is 2.47 bits per heavy atom. The van der Waals surface area contributed by atoms with Crippen molar-refractivity contribution in [1.29, 1.82) is 0 Å². The quantitative estimate of drug-likeness (QED) is 0.583. The minimum Gasteiger partial charge on any atom is -0.325 e. The van der Waals surface area contributed by atoms with Crippen molar-refractivity contribution in [1.82, 2.24) is 29.1 Å². The van der Waals surface area contributed by atoms with E-state index in [0.29, 0.717) is 10.8 Å². The Bertz CT molecular complexity index is 1100. The standard InChI is InChI=1S/C24H29ClN6O/c1-3-29(4-2)24(32)31-19-10-11-20(31)15-28(14-19)16-21-22(17-6-8-18(25)9-7-17)27-23-26-12-5-13-30(21)23/h5-9,12-13,19-20H,3-4,10-11,14-16H2,1-2H3. The highest BCUT2D eigenvalue weighted by atomic mass is 35.5. The first-order valence-corrected chi connectivity index (χ1v) is 11.8. The van der Waals surface area contributed by atoms with Crippen LogP contribution < -0.4 is 0 Å². The molecule has 0 spiro atoms. The topological polar surface area (TPSA) is 57.0 Å². The fraction of sp³-hybridized carbons (Fsp3) is 0.458. The Labute approximate surface area is 193 Å². The van der Waals surface area contributed by atoms with Gasteiger partial charge in [0.05, 0.1) is 11.4 Å². The van der Waals surface area contributed by atoms with Crippen LogP contribution in [0.5, 0.6) is 0 Å². The molecule has 5 rings (SSSR count). The second kappa shape index (κ2) is 8.71. The molecule has 168 valence electrons. The van der Waals surface area contributed by atoms with Crippen LogP contribution in [0.15, 0.2) is 42.7 Å². The van der Waals surface area contributed by atoms with Gasteiger partial charge >= 0.3 is 6.03 Å². The number of nitrogens with zero attached hydrogens (tertiary/aromatic N) is 6. The number of hydrogen-bond donors (Lipinski definition) is 0. The maximum absolute atomic E-state index is 13.1. The fourth-order valence-corrected chi connectivity index (χ4v) is 5.35. The highest BCUT2D eigenvalue weighted by Gasteiger charge is 2.43. The first-order valence-electron chi connectivity index (χ1n) is 11.5. The molecule has 2 saturated heterocycles. The lowest BCUT2D eigenvalue weighted by Gasteiger charge is -2.42. The van der Waals surface area contributed by atoms with E-state index in [1.54, 1.807) is 6.20 Å². The van der Waals surface area contributed by atoms with Crippen LogP contribution in [-0.2, 0) is 6.54 Å². The van der Waals surface area contributed by atoms with Crippen LogP contribution in [0, 0.1) is 0 Å². The number of halogens is 1. The molecule has 2 unspecified atom stereocenters. The van der Waals surface area contributed by atoms with Gasteiger partial charge in [0.15, 0.2) is 0 Å². The zero-order chi connectivity index (χ0) is 22.2. The summed E-state index contributed by atoms with van der Waals surface area (Å²) in [6, 6.07) is 10.5. The van der Waals surface area contributed by atoms with E-state index in [-0.39, 0.29) is 18.1 Å². The number of likely N-dealkylation sites (tertiary alicyclic amines) is 1. The summed E-state index contributed by atoms with van der Waals surface area (Å²) < 4.78 is 2.08. The van der Waals surface area contributed by atoms with E-state index in [1.807, 2.05) is 41.4 Å². The van der Waals surface area contributed by atoms with E-state index in [4.69, 9.17) is 16.6 Å². The second-order valence-electron chi connectivity index (χ2n) is 8.64. The molecule has 7 nitrogen and oxygen atoms in total. The summed E-state index contributed by atoms with van der Waals surface area (Å²) in [5.74, 6) is 0.700. The first kappa shape index (κ1) is 21.2. The molecule has 0 N–H and O–H groups in total. The van der Waals surface area contributed by atoms with E-state index in [0.717, 1.165) is 62.5 Å². The zero-order valence-corrected chi connectivity index (χ0v) is 19.4. The van der Waals surface area contributed by atoms with Crippen molar-refractivity contribution < 1.29 is 4.79 Å². The van der Waals surface area contributed by atoms with E-state index in [9.17, 15) is 4.79 Å². The first-order chi connectivity index (χ1) is 15.6. The molecule has 0 radical (unpaired) electrons. The number of carbonyl (C=O) groups is 1. The van der Waals surface area contributed by atoms with Crippen molar-refractivity contribution in [2.24, 2.45) is 0 Å². The molecular weight excluding hydrogens is 424 g/mol. The van der Waals surface area contributed by atoms with Crippen molar-refractivity contribution in [2.75, 3.05) is 26.2 Å². The molecule has 1 aromatic carbocycles. The van der Waals surface area contributed by atoms with Gasteiger partial charge in [0.1, 0.15) is 0 Å². The molecule has 0 saturated carbocycles. The van der Waals surface area contributed by atoms with Crippen molar-refractivity contribution in [2.45, 2.75) is 45.3 Å². The average molecular weight is 453 g/mol. The van der Waals surface area contributed by atoms with Gasteiger partial charge in [-0.15, -0.1) is 0 Å². The molecule has 3 aromatic rings. The number of urea groups is 1. The molecule has 2 fully saturated rings. The van der Waals surface area contributed by atoms with Gasteiger partial charge < -0.3 is 9.80 Å². The minimum absolute atomic E-state index is 0.197. The Morgan fingerprint density at radius 2 is 1.81 bits per heavy atom. The van der Waals surface area contributed by atoms with Crippen LogP contribution in [0.4, 0.5) is 4.79 Å². The van der Waals surface area contributed by atoms with E-state index < -0.39 is 0 Å². The number of carbonyl (C=O) groups excluding carboxylic acids is 1. The van der Waals surface area contributed by atoms with Crippen LogP contribution >= 0.6 is 11.6 Å². The van der Waals surface area contributed by atoms with Crippen LogP contribution in [-0.4, -0.2) is 73.4 Å². The summed E-state index contributed by atoms with van der Waals surface area (Å²) in [5.41, 5.74) is 3.10. The van der Waals surface area contributed by atoms with Crippen LogP contribution in [0.2, 0.25) is 5.02 Å². The summed E-state index contributed by atoms with van der Waals surface area (Å²) in [4.78, 5) is 28.9. The van der Waals surface area contributed by atoms with Gasteiger partial charge in [-0.25, -0.2) is 14.8 Å². The number of amides is 2. The van der Waals surface area contributed by atoms with E-state index >= 15 is 0 Å². The number of piperazine rings is 1. The molecular formula is C24H29ClN6O. The summed E-state index contributed by atoms with van der Waals surface area (Å²) in [6.45, 7) is 8.16. The number of hydrogen-bond acceptors (Lipinski definition) is 4. The molecule has 2 aromatic heterocycles. The average Bonchev–Trinajstić information content (AvgIpc) is 3.30. The largest absolute Gasteiger partial charge is 0.325 e. The molecule has 2 aliphatic rings. The highest BCUT2D eigenvalue weighted by Crippen LogP contribution is 2.33. The van der Waals surface area contributed by atoms with Crippen LogP contribution in [0.3, 0.4) is 0 Å². The summed E-state index contributed by atoms with van der Waals surface area (Å²) in [6.07, 6.45) is 5.95. The maximum atomic E-state index is 13.1. The van der Waals surface area contributed by atoms with Crippen molar-refractivity contribution in [3.05, 3.63) is 53.4 Å². The summed E-state index contributed by atoms with van der Waals surface area (Å²) >= 11 is 6.11. The Hall–Kier alpha value is -2.64. The lowest BCUT2D eigenvalue weighted by molar-refractivity contribution is 0.0665. The van der Waals surface area contributed by atoms with Gasteiger partial charge in [-0.05, 0) is 44.9 Å². The smallest absolute Gasteiger partial charge is 0.320 e. The second-order valence-corrected chi connectivity index (χ2v) is 9.08. The third-order valence-electron chi connectivity index (χ3n) is 6.81. The molecule has 4 heterocycles. The summed E-state index contributed by atoms with van der Waals surface area (Å²) in [7, 11) is 0. The Balaban J connectivity index is 1.42. The van der Waals surface area contributed by atoms with Crippen LogP contribution in [0.1, 0.15) is 32.4 Å². The number of rotatable bonds is 5. The van der Waals surface area contributed by atoms with Gasteiger partial charge in [0, 0.05) is 67.8 Å². The van der Waals surface area contributed by atoms with Crippen molar-refractivity contribution >= 4 is 23.4 Å². The fourth-order valence-electron chi connectivity index (χ4n) is 5.23. The highest BCUT2D eigenvalue weighted by molar-refractivity contribution is 6.30. The molecule has 0 aliphatic carbocycles. The normalized spacial score (nSPS) is 20.8. The lowest BCUT2D eigenvalue weighted by atomic mass is 10.1. The Morgan fingerprint density at radius 1 is 1.12 bits per heavy atom. The molecule has 32 heavy (non-hydrogen) atoms. The maximum Gasteiger partial charge on any atom is 0.320 e. The Kier molecular flexibility index (Phi) is 5.78. The van der Waals surface area contributed by atoms with Gasteiger partial charge in [0.25, 0.3) is 0 Å². The predicted molar refractivity (Wildman–Crippen MR) is 126 cm³/mol. The van der Waals surface area contributed by atoms with E-state index in [1.165, 1.54) is 0 Å². The zero-order valence-electron chi connectivity index (χ0n) is 18.6. The summed E-state index contributed by atoms with van der Waals surface area (Å²) in [5, 5.41) is 0.711. The molecule has 2 aliphatic heterocycles. The molecule has 2 amide bonds. The van der Waals surface area contributed by atoms with Gasteiger partial charge in [0.2, 0.25) is 5.78 Å². The SMILES string of the molecule is CCN(CC)C(=O)N1C2CCC1CN(Cc1c(-c3ccc(Cl)cc3)nc3ncccn13)C2. The van der Waals surface area contributed by atoms with Crippen molar-refractivity contribution in [3.63, 3.8) is 0 Å². The third-order valence-corrected chi connectivity index (χ3v) is 7.06. The van der Waals surface area contributed by atoms with Gasteiger partial charge in [-0.1, -0.05) is 23.7 Å². The van der Waals surface area contributed by atoms with Gasteiger partial charge in [-0.3, -0.25) is 9.30 Å². The predicted octanol–water partition coefficient (Wildman–Crippen LogP) is 4.16. The molecule has 2 atom stereocenters. The number of fused-ring (bicyclic) bond motifs is 3. The monoisotopic (exact) mass is 452 g/mol. The molecule has 8 heteroatoms. The van der Waals surface area contributed by atoms with Crippen LogP contribution in [0.25, 0.3) is 17.0 Å². The number of imidazole rings is 1. The van der Waals surface area contributed by atoms with Gasteiger partial charge in [-0.2, -0.15) is 0 Å². The van der Waals surface area contributed by atoms with Crippen molar-refractivity contribution in [3.8, 4) is 11.3 Å². The van der Waals surface area contributed by atoms with E-state index in [2.05, 4.69) is 33.0 Å². The molecule has 2 bridgehead atoms. The minimum atomic E-state index is 0.197.